The van der Waals surface area contributed by atoms with Crippen LogP contribution in [-0.2, 0) is 0 Å². The number of para-hydroxylation sites is 2. The zero-order chi connectivity index (χ0) is 16.8. The van der Waals surface area contributed by atoms with Crippen LogP contribution in [0.4, 0.5) is 0 Å². The summed E-state index contributed by atoms with van der Waals surface area (Å²) in [5.74, 6) is 0.484. The third-order valence-electron chi connectivity index (χ3n) is 4.38. The Morgan fingerprint density at radius 1 is 0.708 bits per heavy atom. The minimum Gasteiger partial charge on any atom is -0.507 e. The van der Waals surface area contributed by atoms with Gasteiger partial charge in [-0.25, -0.2) is 0 Å². The number of aromatic hydroxyl groups is 2. The number of aliphatic imine (C=N–C) groups is 2. The second-order valence-corrected chi connectivity index (χ2v) is 6.09. The summed E-state index contributed by atoms with van der Waals surface area (Å²) in [6.07, 6.45) is 7.76. The fourth-order valence-electron chi connectivity index (χ4n) is 2.98. The van der Waals surface area contributed by atoms with E-state index in [2.05, 4.69) is 9.98 Å². The first kappa shape index (κ1) is 16.2. The van der Waals surface area contributed by atoms with Crippen LogP contribution in [0.5, 0.6) is 11.5 Å². The van der Waals surface area contributed by atoms with Crippen LogP contribution >= 0.6 is 0 Å². The number of nitrogens with zero attached hydrogens (tertiary/aromatic N) is 2. The maximum Gasteiger partial charge on any atom is 0.124 e. The Morgan fingerprint density at radius 3 is 1.54 bits per heavy atom. The van der Waals surface area contributed by atoms with Gasteiger partial charge in [0.2, 0.25) is 0 Å². The lowest BCUT2D eigenvalue weighted by atomic mass is 9.91. The van der Waals surface area contributed by atoms with Crippen molar-refractivity contribution in [3.63, 3.8) is 0 Å². The molecule has 0 spiro atoms. The van der Waals surface area contributed by atoms with Crippen molar-refractivity contribution in [1.29, 1.82) is 0 Å². The third kappa shape index (κ3) is 4.02. The SMILES string of the molecule is Oc1ccccc1C=NC1CCCC[C@@H]1N=Cc1ccccc1O. The maximum absolute atomic E-state index is 9.84. The second-order valence-electron chi connectivity index (χ2n) is 6.09. The van der Waals surface area contributed by atoms with Gasteiger partial charge in [-0.05, 0) is 37.1 Å². The van der Waals surface area contributed by atoms with Crippen molar-refractivity contribution < 1.29 is 10.2 Å². The molecule has 0 saturated heterocycles. The quantitative estimate of drug-likeness (QED) is 0.837. The summed E-state index contributed by atoms with van der Waals surface area (Å²) in [6, 6.07) is 14.6. The molecule has 1 unspecified atom stereocenters. The Bertz CT molecular complexity index is 676. The Kier molecular flexibility index (Phi) is 5.26. The zero-order valence-corrected chi connectivity index (χ0v) is 13.5. The topological polar surface area (TPSA) is 65.2 Å². The molecule has 2 aromatic rings. The molecule has 3 rings (SSSR count). The van der Waals surface area contributed by atoms with Crippen LogP contribution in [0.1, 0.15) is 36.8 Å². The van der Waals surface area contributed by atoms with Gasteiger partial charge in [0.25, 0.3) is 0 Å². The van der Waals surface area contributed by atoms with Gasteiger partial charge in [0.1, 0.15) is 11.5 Å². The molecule has 1 fully saturated rings. The molecule has 4 nitrogen and oxygen atoms in total. The fraction of sp³-hybridized carbons (Fsp3) is 0.300. The number of hydrogen-bond donors (Lipinski definition) is 2. The first-order chi connectivity index (χ1) is 11.7. The van der Waals surface area contributed by atoms with Crippen molar-refractivity contribution in [3.05, 3.63) is 59.7 Å². The number of hydrogen-bond acceptors (Lipinski definition) is 4. The lowest BCUT2D eigenvalue weighted by Gasteiger charge is -2.25. The maximum atomic E-state index is 9.84. The highest BCUT2D eigenvalue weighted by Gasteiger charge is 2.23. The second kappa shape index (κ2) is 7.77. The van der Waals surface area contributed by atoms with Gasteiger partial charge in [0.15, 0.2) is 0 Å². The van der Waals surface area contributed by atoms with E-state index in [9.17, 15) is 10.2 Å². The highest BCUT2D eigenvalue weighted by Crippen LogP contribution is 2.25. The van der Waals surface area contributed by atoms with Crippen LogP contribution in [0.15, 0.2) is 58.5 Å². The summed E-state index contributed by atoms with van der Waals surface area (Å²) in [7, 11) is 0. The third-order valence-corrected chi connectivity index (χ3v) is 4.38. The zero-order valence-electron chi connectivity index (χ0n) is 13.5. The summed E-state index contributed by atoms with van der Waals surface area (Å²) in [5, 5.41) is 19.7. The van der Waals surface area contributed by atoms with Crippen LogP contribution in [0, 0.1) is 0 Å². The van der Waals surface area contributed by atoms with E-state index >= 15 is 0 Å². The predicted octanol–water partition coefficient (Wildman–Crippen LogP) is 3.95. The van der Waals surface area contributed by atoms with Gasteiger partial charge in [-0.15, -0.1) is 0 Å². The van der Waals surface area contributed by atoms with E-state index in [4.69, 9.17) is 0 Å². The minimum atomic E-state index is 0.112. The molecule has 0 heterocycles. The van der Waals surface area contributed by atoms with Gasteiger partial charge in [0.05, 0.1) is 12.1 Å². The molecule has 24 heavy (non-hydrogen) atoms. The van der Waals surface area contributed by atoms with E-state index in [1.54, 1.807) is 36.7 Å². The molecule has 4 heteroatoms. The van der Waals surface area contributed by atoms with Gasteiger partial charge in [-0.1, -0.05) is 37.1 Å². The summed E-state index contributed by atoms with van der Waals surface area (Å²) >= 11 is 0. The van der Waals surface area contributed by atoms with E-state index < -0.39 is 0 Å². The number of phenols is 2. The average molecular weight is 322 g/mol. The summed E-state index contributed by atoms with van der Waals surface area (Å²) < 4.78 is 0. The normalized spacial score (nSPS) is 21.5. The molecule has 124 valence electrons. The van der Waals surface area contributed by atoms with Gasteiger partial charge in [-0.3, -0.25) is 9.98 Å². The molecule has 0 amide bonds. The average Bonchev–Trinajstić information content (AvgIpc) is 2.61. The smallest absolute Gasteiger partial charge is 0.124 e. The predicted molar refractivity (Wildman–Crippen MR) is 97.4 cm³/mol. The molecule has 2 atom stereocenters. The van der Waals surface area contributed by atoms with E-state index in [0.717, 1.165) is 36.8 Å². The Morgan fingerprint density at radius 2 is 1.12 bits per heavy atom. The molecule has 0 radical (unpaired) electrons. The first-order valence-electron chi connectivity index (χ1n) is 8.36. The molecule has 2 aromatic carbocycles. The van der Waals surface area contributed by atoms with Crippen molar-refractivity contribution in [2.75, 3.05) is 0 Å². The first-order valence-corrected chi connectivity index (χ1v) is 8.36. The van der Waals surface area contributed by atoms with Gasteiger partial charge < -0.3 is 10.2 Å². The molecular weight excluding hydrogens is 300 g/mol. The van der Waals surface area contributed by atoms with Gasteiger partial charge in [0, 0.05) is 23.6 Å². The summed E-state index contributed by atoms with van der Waals surface area (Å²) in [4.78, 5) is 9.34. The minimum absolute atomic E-state index is 0.112. The molecule has 0 aliphatic heterocycles. The number of rotatable bonds is 4. The van der Waals surface area contributed by atoms with Crippen molar-refractivity contribution in [2.45, 2.75) is 37.8 Å². The standard InChI is InChI=1S/C20H22N2O2/c23-19-11-5-1-7-15(19)13-21-17-9-3-4-10-18(17)22-14-16-8-2-6-12-20(16)24/h1-2,5-8,11-14,17-18,23-24H,3-4,9-10H2/t17-,18?/m0/s1. The number of benzene rings is 2. The van der Waals surface area contributed by atoms with Gasteiger partial charge in [-0.2, -0.15) is 0 Å². The highest BCUT2D eigenvalue weighted by molar-refractivity contribution is 5.84. The van der Waals surface area contributed by atoms with Crippen molar-refractivity contribution in [2.24, 2.45) is 9.98 Å². The Balaban J connectivity index is 1.74. The Hall–Kier alpha value is -2.62. The summed E-state index contributed by atoms with van der Waals surface area (Å²) in [6.45, 7) is 0. The van der Waals surface area contributed by atoms with Crippen LogP contribution in [0.3, 0.4) is 0 Å². The molecule has 0 bridgehead atoms. The van der Waals surface area contributed by atoms with Crippen LogP contribution in [0.25, 0.3) is 0 Å². The molecular formula is C20H22N2O2. The van der Waals surface area contributed by atoms with E-state index in [1.165, 1.54) is 0 Å². The summed E-state index contributed by atoms with van der Waals surface area (Å²) in [5.41, 5.74) is 1.46. The van der Waals surface area contributed by atoms with Crippen molar-refractivity contribution in [1.82, 2.24) is 0 Å². The van der Waals surface area contributed by atoms with Crippen LogP contribution in [-0.4, -0.2) is 34.7 Å². The lowest BCUT2D eigenvalue weighted by molar-refractivity contribution is 0.390. The van der Waals surface area contributed by atoms with Crippen molar-refractivity contribution in [3.8, 4) is 11.5 Å². The van der Waals surface area contributed by atoms with Crippen molar-refractivity contribution >= 4 is 12.4 Å². The van der Waals surface area contributed by atoms with E-state index in [1.807, 2.05) is 24.3 Å². The molecule has 1 saturated carbocycles. The fourth-order valence-corrected chi connectivity index (χ4v) is 2.98. The Labute approximate surface area is 142 Å². The van der Waals surface area contributed by atoms with E-state index in [-0.39, 0.29) is 23.6 Å². The van der Waals surface area contributed by atoms with Gasteiger partial charge >= 0.3 is 0 Å². The lowest BCUT2D eigenvalue weighted by Crippen LogP contribution is -2.27. The molecule has 2 N–H and O–H groups in total. The van der Waals surface area contributed by atoms with Crippen LogP contribution in [0.2, 0.25) is 0 Å². The van der Waals surface area contributed by atoms with Crippen LogP contribution < -0.4 is 0 Å². The molecule has 1 aliphatic carbocycles. The highest BCUT2D eigenvalue weighted by atomic mass is 16.3. The largest absolute Gasteiger partial charge is 0.507 e. The van der Waals surface area contributed by atoms with E-state index in [0.29, 0.717) is 0 Å². The monoisotopic (exact) mass is 322 g/mol. The number of phenolic OH excluding ortho intramolecular Hbond substituents is 2. The molecule has 0 aromatic heterocycles. The molecule has 1 aliphatic rings.